The molecule has 3 aliphatic heterocycles. The number of carbonyl (C=O) groups excluding carboxylic acids is 6. The summed E-state index contributed by atoms with van der Waals surface area (Å²) >= 11 is 0. The number of nitrogens with one attached hydrogen (secondary N) is 3. The van der Waals surface area contributed by atoms with Crippen LogP contribution in [-0.4, -0.2) is 177 Å². The summed E-state index contributed by atoms with van der Waals surface area (Å²) in [5.74, 6) is -3.84. The van der Waals surface area contributed by atoms with E-state index in [1.54, 1.807) is 42.5 Å². The highest BCUT2D eigenvalue weighted by atomic mass is 16.7. The van der Waals surface area contributed by atoms with Gasteiger partial charge >= 0.3 is 0 Å². The number of aromatic hydroxyl groups is 1. The lowest BCUT2D eigenvalue weighted by atomic mass is 9.92. The van der Waals surface area contributed by atoms with Gasteiger partial charge in [-0.1, -0.05) is 24.3 Å². The number of benzene rings is 3. The van der Waals surface area contributed by atoms with Gasteiger partial charge in [-0.15, -0.1) is 0 Å². The fourth-order valence-electron chi connectivity index (χ4n) is 8.32. The van der Waals surface area contributed by atoms with E-state index >= 15 is 0 Å². The monoisotopic (exact) mass is 918 g/mol. The van der Waals surface area contributed by atoms with E-state index in [0.29, 0.717) is 22.4 Å². The number of phenols is 1. The number of methoxy groups -OCH3 is 1. The molecule has 0 aliphatic carbocycles. The van der Waals surface area contributed by atoms with Gasteiger partial charge in [-0.3, -0.25) is 28.8 Å². The number of carbonyl (C=O) groups is 6. The number of aliphatic hydroxyl groups excluding tert-OH is 4. The van der Waals surface area contributed by atoms with Gasteiger partial charge in [0.25, 0.3) is 0 Å². The van der Waals surface area contributed by atoms with Crippen LogP contribution in [0.15, 0.2) is 60.7 Å². The second kappa shape index (κ2) is 20.5. The zero-order valence-corrected chi connectivity index (χ0v) is 37.7. The second-order valence-electron chi connectivity index (χ2n) is 17.0. The molecule has 0 saturated carbocycles. The van der Waals surface area contributed by atoms with Gasteiger partial charge in [0.05, 0.1) is 13.7 Å². The zero-order chi connectivity index (χ0) is 48.3. The molecule has 2 saturated heterocycles. The smallest absolute Gasteiger partial charge is 0.246 e. The summed E-state index contributed by atoms with van der Waals surface area (Å²) in [5.41, 5.74) is 1.88. The Bertz CT molecular complexity index is 2310. The first kappa shape index (κ1) is 49.1. The van der Waals surface area contributed by atoms with Gasteiger partial charge in [0.15, 0.2) is 0 Å². The molecule has 20 nitrogen and oxygen atoms in total. The van der Waals surface area contributed by atoms with Crippen LogP contribution in [0.4, 0.5) is 0 Å². The number of amides is 6. The minimum atomic E-state index is -1.77. The number of likely N-dealkylation sites (N-methyl/N-ethyl adjacent to an activating group) is 3. The standard InChI is InChI=1S/C46H58N6O14/c1-22-40(58)48-23(2)43(61)50(4)31(18-25-8-12-28(64-7)13-9-25)42(60)49-24(3)44(62)52(6)33-20-26-10-14-34(54)29(16-26)30-17-27(19-32(41(59)47-22)51(5)45(33)63)11-15-35(30)65-46-39(57)38(56)37(55)36(21-53)66-46/h8-17,22-24,31-33,36-39,46,53-57H,18-21H2,1-7H3,(H,47,59)(H,48,58)(H,49,60)/t22-,23-,24-,31-,32+,33-,36+,37+,38-,39+,46+/m0/s1. The van der Waals surface area contributed by atoms with Gasteiger partial charge in [-0.05, 0) is 73.9 Å². The van der Waals surface area contributed by atoms with Gasteiger partial charge in [-0.25, -0.2) is 0 Å². The van der Waals surface area contributed by atoms with E-state index in [9.17, 15) is 54.3 Å². The molecule has 20 heteroatoms. The van der Waals surface area contributed by atoms with Crippen molar-refractivity contribution in [1.82, 2.24) is 30.7 Å². The summed E-state index contributed by atoms with van der Waals surface area (Å²) in [6, 6.07) is 8.40. The van der Waals surface area contributed by atoms with Crippen LogP contribution in [0.1, 0.15) is 37.5 Å². The summed E-state index contributed by atoms with van der Waals surface area (Å²) in [4.78, 5) is 88.9. The molecule has 6 rings (SSSR count). The van der Waals surface area contributed by atoms with E-state index in [-0.39, 0.29) is 41.9 Å². The van der Waals surface area contributed by atoms with Crippen molar-refractivity contribution in [3.05, 3.63) is 77.4 Å². The quantitative estimate of drug-likeness (QED) is 0.141. The van der Waals surface area contributed by atoms with Crippen molar-refractivity contribution < 1.29 is 68.5 Å². The Balaban J connectivity index is 1.43. The molecule has 2 fully saturated rings. The Labute approximate surface area is 381 Å². The molecule has 66 heavy (non-hydrogen) atoms. The van der Waals surface area contributed by atoms with Crippen LogP contribution in [0.5, 0.6) is 17.2 Å². The molecule has 3 aromatic carbocycles. The Hall–Kier alpha value is -6.32. The fraction of sp³-hybridized carbons (Fsp3) is 0.478. The van der Waals surface area contributed by atoms with Crippen LogP contribution in [-0.2, 0) is 52.8 Å². The first-order valence-corrected chi connectivity index (χ1v) is 21.5. The first-order chi connectivity index (χ1) is 31.2. The molecule has 0 radical (unpaired) electrons. The number of phenolic OH excluding ortho intramolecular Hbond substituents is 1. The summed E-state index contributed by atoms with van der Waals surface area (Å²) in [5, 5.41) is 60.8. The Morgan fingerprint density at radius 1 is 0.652 bits per heavy atom. The van der Waals surface area contributed by atoms with Gasteiger partial charge < -0.3 is 70.4 Å². The van der Waals surface area contributed by atoms with Crippen molar-refractivity contribution in [2.45, 2.75) is 107 Å². The molecule has 6 amide bonds. The number of ether oxygens (including phenoxy) is 3. The van der Waals surface area contributed by atoms with Crippen molar-refractivity contribution in [2.75, 3.05) is 34.9 Å². The lowest BCUT2D eigenvalue weighted by molar-refractivity contribution is -0.277. The first-order valence-electron chi connectivity index (χ1n) is 21.5. The van der Waals surface area contributed by atoms with Crippen LogP contribution < -0.4 is 25.4 Å². The van der Waals surface area contributed by atoms with Gasteiger partial charge in [0.1, 0.15) is 77.9 Å². The van der Waals surface area contributed by atoms with Gasteiger partial charge in [0, 0.05) is 51.5 Å². The molecule has 356 valence electrons. The number of aliphatic hydroxyl groups is 4. The van der Waals surface area contributed by atoms with E-state index in [1.165, 1.54) is 81.9 Å². The zero-order valence-electron chi connectivity index (χ0n) is 37.7. The molecule has 3 heterocycles. The highest BCUT2D eigenvalue weighted by molar-refractivity contribution is 5.98. The highest BCUT2D eigenvalue weighted by Crippen LogP contribution is 2.40. The third kappa shape index (κ3) is 10.4. The summed E-state index contributed by atoms with van der Waals surface area (Å²) in [6.07, 6.45) is -8.43. The van der Waals surface area contributed by atoms with Crippen molar-refractivity contribution in [3.63, 3.8) is 0 Å². The van der Waals surface area contributed by atoms with Crippen molar-refractivity contribution >= 4 is 35.4 Å². The Kier molecular flexibility index (Phi) is 15.2. The number of hydrogen-bond donors (Lipinski definition) is 8. The van der Waals surface area contributed by atoms with Crippen LogP contribution in [0.2, 0.25) is 0 Å². The summed E-state index contributed by atoms with van der Waals surface area (Å²) < 4.78 is 17.0. The van der Waals surface area contributed by atoms with Gasteiger partial charge in [-0.2, -0.15) is 0 Å². The predicted molar refractivity (Wildman–Crippen MR) is 235 cm³/mol. The maximum Gasteiger partial charge on any atom is 0.246 e. The lowest BCUT2D eigenvalue weighted by Crippen LogP contribution is -2.61. The van der Waals surface area contributed by atoms with Crippen LogP contribution in [0.3, 0.4) is 0 Å². The molecule has 0 unspecified atom stereocenters. The minimum absolute atomic E-state index is 0.00968. The fourth-order valence-corrected chi connectivity index (χ4v) is 8.32. The molecule has 0 spiro atoms. The number of nitrogens with zero attached hydrogens (tertiary/aromatic N) is 3. The molecule has 3 aliphatic rings. The van der Waals surface area contributed by atoms with Crippen molar-refractivity contribution in [3.8, 4) is 28.4 Å². The Morgan fingerprint density at radius 2 is 1.21 bits per heavy atom. The van der Waals surface area contributed by atoms with E-state index in [4.69, 9.17) is 14.2 Å². The normalized spacial score (nSPS) is 29.4. The molecular weight excluding hydrogens is 861 g/mol. The van der Waals surface area contributed by atoms with Crippen LogP contribution >= 0.6 is 0 Å². The molecule has 0 aromatic heterocycles. The lowest BCUT2D eigenvalue weighted by Gasteiger charge is -2.39. The van der Waals surface area contributed by atoms with E-state index in [1.807, 2.05) is 0 Å². The van der Waals surface area contributed by atoms with E-state index in [0.717, 1.165) is 0 Å². The summed E-state index contributed by atoms with van der Waals surface area (Å²) in [6.45, 7) is 3.56. The maximum atomic E-state index is 14.8. The SMILES string of the molecule is COc1ccc(C[C@H]2C(=O)N[C@@H](C)C(=O)N(C)[C@H]3Cc4ccc(O)c(c4)-c4cc(ccc4O[C@@H]4O[C@H](CO)[C@@H](O)[C@H](O)[C@H]4O)C[C@H](C(=O)N[C@@H](C)C(=O)N[C@@H](C)C(=O)N2C)N(C)C3=O)cc1. The maximum absolute atomic E-state index is 14.8. The predicted octanol–water partition coefficient (Wildman–Crippen LogP) is -1.40. The van der Waals surface area contributed by atoms with Crippen LogP contribution in [0, 0.1) is 0 Å². The van der Waals surface area contributed by atoms with Crippen molar-refractivity contribution in [1.29, 1.82) is 0 Å². The molecule has 8 N–H and O–H groups in total. The summed E-state index contributed by atoms with van der Waals surface area (Å²) in [7, 11) is 5.69. The third-order valence-corrected chi connectivity index (χ3v) is 12.5. The molecule has 3 aromatic rings. The molecular formula is C46H58N6O14. The average molecular weight is 919 g/mol. The average Bonchev–Trinajstić information content (AvgIpc) is 3.30. The number of rotatable bonds is 6. The largest absolute Gasteiger partial charge is 0.507 e. The highest BCUT2D eigenvalue weighted by Gasteiger charge is 2.45. The topological polar surface area (TPSA) is 277 Å². The second-order valence-corrected chi connectivity index (χ2v) is 17.0. The Morgan fingerprint density at radius 3 is 1.85 bits per heavy atom. The number of fused-ring (bicyclic) bond motifs is 8. The van der Waals surface area contributed by atoms with Crippen molar-refractivity contribution in [2.24, 2.45) is 0 Å². The third-order valence-electron chi connectivity index (χ3n) is 12.5. The molecule has 6 bridgehead atoms. The number of hydrogen-bond acceptors (Lipinski definition) is 14. The van der Waals surface area contributed by atoms with Gasteiger partial charge in [0.2, 0.25) is 41.7 Å². The van der Waals surface area contributed by atoms with E-state index < -0.39 is 109 Å². The molecule has 11 atom stereocenters. The van der Waals surface area contributed by atoms with E-state index in [2.05, 4.69) is 16.0 Å². The minimum Gasteiger partial charge on any atom is -0.507 e. The van der Waals surface area contributed by atoms with Crippen LogP contribution in [0.25, 0.3) is 11.1 Å².